The smallest absolute Gasteiger partial charge is 0.230 e. The second-order valence-electron chi connectivity index (χ2n) is 8.57. The predicted molar refractivity (Wildman–Crippen MR) is 118 cm³/mol. The van der Waals surface area contributed by atoms with E-state index in [0.29, 0.717) is 13.1 Å². The number of amides is 1. The summed E-state index contributed by atoms with van der Waals surface area (Å²) in [6, 6.07) is 12.7. The molecule has 0 bridgehead atoms. The third-order valence-corrected chi connectivity index (χ3v) is 6.67. The molecule has 9 heteroatoms. The van der Waals surface area contributed by atoms with Crippen molar-refractivity contribution >= 4 is 5.91 Å². The number of aromatic nitrogens is 4. The van der Waals surface area contributed by atoms with E-state index in [1.807, 2.05) is 23.1 Å². The first kappa shape index (κ1) is 21.2. The number of piperazine rings is 1. The highest BCUT2D eigenvalue weighted by atomic mass is 19.1. The zero-order valence-corrected chi connectivity index (χ0v) is 18.2. The van der Waals surface area contributed by atoms with E-state index in [-0.39, 0.29) is 17.4 Å². The van der Waals surface area contributed by atoms with Crippen molar-refractivity contribution in [3.05, 3.63) is 70.8 Å². The number of carbonyl (C=O) groups excluding carboxylic acids is 1. The largest absolute Gasteiger partial charge is 0.340 e. The summed E-state index contributed by atoms with van der Waals surface area (Å²) >= 11 is 0. The fraction of sp³-hybridized carbons (Fsp3) is 0.375. The van der Waals surface area contributed by atoms with Crippen molar-refractivity contribution in [1.29, 1.82) is 5.26 Å². The number of benzene rings is 2. The molecule has 1 amide bonds. The molecule has 1 atom stereocenters. The predicted octanol–water partition coefficient (Wildman–Crippen LogP) is 2.09. The summed E-state index contributed by atoms with van der Waals surface area (Å²) in [6.45, 7) is 3.87. The van der Waals surface area contributed by atoms with Crippen LogP contribution in [0.4, 0.5) is 4.39 Å². The van der Waals surface area contributed by atoms with E-state index < -0.39 is 5.82 Å². The van der Waals surface area contributed by atoms with Crippen LogP contribution in [0, 0.1) is 17.1 Å². The van der Waals surface area contributed by atoms with Crippen molar-refractivity contribution in [3.63, 3.8) is 0 Å². The van der Waals surface area contributed by atoms with Gasteiger partial charge in [0.1, 0.15) is 18.2 Å². The zero-order valence-electron chi connectivity index (χ0n) is 18.2. The van der Waals surface area contributed by atoms with Crippen molar-refractivity contribution in [2.75, 3.05) is 32.7 Å². The van der Waals surface area contributed by atoms with Crippen LogP contribution in [-0.4, -0.2) is 68.6 Å². The normalized spacial score (nSPS) is 18.2. The monoisotopic (exact) mass is 445 g/mol. The summed E-state index contributed by atoms with van der Waals surface area (Å²) in [5, 5.41) is 20.3. The topological polar surface area (TPSA) is 90.9 Å². The quantitative estimate of drug-likeness (QED) is 0.597. The summed E-state index contributed by atoms with van der Waals surface area (Å²) in [7, 11) is 0. The Balaban J connectivity index is 1.16. The number of tetrazole rings is 1. The molecule has 1 aliphatic heterocycles. The average molecular weight is 446 g/mol. The molecule has 1 saturated heterocycles. The van der Waals surface area contributed by atoms with Crippen LogP contribution in [0.3, 0.4) is 0 Å². The number of carbonyl (C=O) groups is 1. The first-order valence-corrected chi connectivity index (χ1v) is 11.2. The maximum atomic E-state index is 13.5. The molecule has 0 saturated carbocycles. The molecule has 8 nitrogen and oxygen atoms in total. The number of aryl methyl sites for hydroxylation is 1. The van der Waals surface area contributed by atoms with Crippen LogP contribution < -0.4 is 0 Å². The van der Waals surface area contributed by atoms with Crippen LogP contribution in [0.25, 0.3) is 5.69 Å². The van der Waals surface area contributed by atoms with E-state index in [2.05, 4.69) is 26.5 Å². The highest BCUT2D eigenvalue weighted by Gasteiger charge is 2.33. The molecule has 0 N–H and O–H groups in total. The molecule has 0 spiro atoms. The highest BCUT2D eigenvalue weighted by molar-refractivity contribution is 5.85. The molecule has 2 aliphatic rings. The van der Waals surface area contributed by atoms with Crippen LogP contribution in [-0.2, 0) is 17.6 Å². The fourth-order valence-corrected chi connectivity index (χ4v) is 4.80. The summed E-state index contributed by atoms with van der Waals surface area (Å²) in [5.74, 6) is -0.354. The second-order valence-corrected chi connectivity index (χ2v) is 8.57. The Kier molecular flexibility index (Phi) is 5.84. The Hall–Kier alpha value is -3.64. The number of hydrogen-bond donors (Lipinski definition) is 0. The van der Waals surface area contributed by atoms with E-state index in [4.69, 9.17) is 5.26 Å². The van der Waals surface area contributed by atoms with E-state index in [1.165, 1.54) is 11.6 Å². The minimum Gasteiger partial charge on any atom is -0.340 e. The molecule has 2 aromatic carbocycles. The van der Waals surface area contributed by atoms with Gasteiger partial charge in [-0.1, -0.05) is 12.1 Å². The Bertz CT molecular complexity index is 1200. The Morgan fingerprint density at radius 3 is 2.76 bits per heavy atom. The lowest BCUT2D eigenvalue weighted by molar-refractivity contribution is -0.134. The lowest BCUT2D eigenvalue weighted by Gasteiger charge is -2.36. The van der Waals surface area contributed by atoms with Crippen LogP contribution in [0.5, 0.6) is 0 Å². The lowest BCUT2D eigenvalue weighted by Crippen LogP contribution is -2.50. The molecule has 5 rings (SSSR count). The van der Waals surface area contributed by atoms with Crippen LogP contribution >= 0.6 is 0 Å². The molecule has 1 aromatic heterocycles. The first-order valence-electron chi connectivity index (χ1n) is 11.2. The minimum absolute atomic E-state index is 0.0851. The van der Waals surface area contributed by atoms with Gasteiger partial charge < -0.3 is 4.90 Å². The molecule has 1 aliphatic carbocycles. The van der Waals surface area contributed by atoms with Gasteiger partial charge in [0.2, 0.25) is 5.91 Å². The van der Waals surface area contributed by atoms with Gasteiger partial charge in [0.05, 0.1) is 17.2 Å². The average Bonchev–Trinajstić information content (AvgIpc) is 3.53. The third-order valence-electron chi connectivity index (χ3n) is 6.67. The van der Waals surface area contributed by atoms with Gasteiger partial charge in [-0.25, -0.2) is 9.07 Å². The molecule has 1 fully saturated rings. The number of fused-ring (bicyclic) bond motifs is 1. The lowest BCUT2D eigenvalue weighted by atomic mass is 9.99. The Morgan fingerprint density at radius 2 is 2.00 bits per heavy atom. The van der Waals surface area contributed by atoms with Crippen molar-refractivity contribution in [3.8, 4) is 11.8 Å². The van der Waals surface area contributed by atoms with Crippen LogP contribution in [0.15, 0.2) is 42.7 Å². The molecule has 33 heavy (non-hydrogen) atoms. The van der Waals surface area contributed by atoms with E-state index in [1.54, 1.807) is 23.1 Å². The van der Waals surface area contributed by atoms with Gasteiger partial charge in [0.25, 0.3) is 0 Å². The van der Waals surface area contributed by atoms with E-state index in [9.17, 15) is 9.18 Å². The van der Waals surface area contributed by atoms with Gasteiger partial charge in [0, 0.05) is 32.7 Å². The Morgan fingerprint density at radius 1 is 1.15 bits per heavy atom. The number of rotatable bonds is 5. The standard InChI is InChI=1S/C24H24FN7O/c25-23-6-1-17(13-19(23)15-26)7-8-30-9-11-31(12-10-30)24(33)22-4-2-18-14-20(3-5-21(18)22)32-16-27-28-29-32/h1,3,5-6,13-14,16,22H,2,4,7-12H2. The summed E-state index contributed by atoms with van der Waals surface area (Å²) in [6.07, 6.45) is 4.03. The molecule has 168 valence electrons. The minimum atomic E-state index is -0.478. The molecule has 0 radical (unpaired) electrons. The molecular weight excluding hydrogens is 421 g/mol. The van der Waals surface area contributed by atoms with Gasteiger partial charge in [-0.05, 0) is 70.6 Å². The highest BCUT2D eigenvalue weighted by Crippen LogP contribution is 2.35. The summed E-state index contributed by atoms with van der Waals surface area (Å²) < 4.78 is 15.1. The van der Waals surface area contributed by atoms with E-state index >= 15 is 0 Å². The zero-order chi connectivity index (χ0) is 22.8. The maximum absolute atomic E-state index is 13.5. The number of nitrogens with zero attached hydrogens (tertiary/aromatic N) is 7. The first-order chi connectivity index (χ1) is 16.1. The molecule has 1 unspecified atom stereocenters. The van der Waals surface area contributed by atoms with Gasteiger partial charge in [-0.2, -0.15) is 5.26 Å². The van der Waals surface area contributed by atoms with Gasteiger partial charge in [-0.15, -0.1) is 5.10 Å². The molecule has 3 aromatic rings. The third kappa shape index (κ3) is 4.34. The van der Waals surface area contributed by atoms with Crippen molar-refractivity contribution in [2.45, 2.75) is 25.2 Å². The van der Waals surface area contributed by atoms with Gasteiger partial charge in [-0.3, -0.25) is 9.69 Å². The van der Waals surface area contributed by atoms with Crippen LogP contribution in [0.2, 0.25) is 0 Å². The summed E-state index contributed by atoms with van der Waals surface area (Å²) in [4.78, 5) is 17.6. The van der Waals surface area contributed by atoms with Crippen molar-refractivity contribution in [2.24, 2.45) is 0 Å². The van der Waals surface area contributed by atoms with E-state index in [0.717, 1.165) is 55.7 Å². The molecule has 2 heterocycles. The van der Waals surface area contributed by atoms with Gasteiger partial charge in [0.15, 0.2) is 0 Å². The molecular formula is C24H24FN7O. The number of hydrogen-bond acceptors (Lipinski definition) is 6. The van der Waals surface area contributed by atoms with Gasteiger partial charge >= 0.3 is 0 Å². The van der Waals surface area contributed by atoms with Crippen LogP contribution in [0.1, 0.15) is 34.6 Å². The van der Waals surface area contributed by atoms with Crippen molar-refractivity contribution in [1.82, 2.24) is 30.0 Å². The van der Waals surface area contributed by atoms with Crippen molar-refractivity contribution < 1.29 is 9.18 Å². The SMILES string of the molecule is N#Cc1cc(CCN2CCN(C(=O)C3CCc4cc(-n5cnnn5)ccc43)CC2)ccc1F. The fourth-order valence-electron chi connectivity index (χ4n) is 4.80. The maximum Gasteiger partial charge on any atom is 0.230 e. The number of nitriles is 1. The second kappa shape index (κ2) is 9.08. The number of halogens is 1. The Labute approximate surface area is 191 Å². The summed E-state index contributed by atoms with van der Waals surface area (Å²) in [5.41, 5.74) is 4.25.